The quantitative estimate of drug-likeness (QED) is 0.830. The fourth-order valence-electron chi connectivity index (χ4n) is 3.91. The van der Waals surface area contributed by atoms with Crippen LogP contribution in [0, 0.1) is 17.6 Å². The Labute approximate surface area is 152 Å². The number of nitrogens with zero attached hydrogens (tertiary/aromatic N) is 1. The minimum atomic E-state index is -1.29. The predicted octanol–water partition coefficient (Wildman–Crippen LogP) is 3.30. The molecule has 1 heterocycles. The average molecular weight is 361 g/mol. The van der Waals surface area contributed by atoms with Crippen molar-refractivity contribution in [1.82, 2.24) is 4.90 Å². The Morgan fingerprint density at radius 3 is 1.77 bits per heavy atom. The Morgan fingerprint density at radius 1 is 0.885 bits per heavy atom. The van der Waals surface area contributed by atoms with Gasteiger partial charge in [-0.3, -0.25) is 0 Å². The molecule has 0 saturated carbocycles. The Bertz CT molecular complexity index is 649. The van der Waals surface area contributed by atoms with Gasteiger partial charge in [0.2, 0.25) is 0 Å². The highest BCUT2D eigenvalue weighted by Crippen LogP contribution is 2.42. The lowest BCUT2D eigenvalue weighted by Crippen LogP contribution is -2.44. The first-order chi connectivity index (χ1) is 12.5. The molecule has 0 atom stereocenters. The van der Waals surface area contributed by atoms with E-state index in [0.29, 0.717) is 11.1 Å². The topological polar surface area (TPSA) is 43.7 Å². The second-order valence-electron chi connectivity index (χ2n) is 6.97. The van der Waals surface area contributed by atoms with Crippen LogP contribution in [0.25, 0.3) is 0 Å². The van der Waals surface area contributed by atoms with E-state index in [9.17, 15) is 13.9 Å². The van der Waals surface area contributed by atoms with E-state index in [-0.39, 0.29) is 24.2 Å². The van der Waals surface area contributed by atoms with Crippen molar-refractivity contribution in [3.05, 3.63) is 71.3 Å². The molecule has 140 valence electrons. The summed E-state index contributed by atoms with van der Waals surface area (Å²) in [5.41, 5.74) is -0.0385. The van der Waals surface area contributed by atoms with Crippen molar-refractivity contribution < 1.29 is 19.0 Å². The molecule has 1 saturated heterocycles. The van der Waals surface area contributed by atoms with Gasteiger partial charge in [-0.1, -0.05) is 24.3 Å². The molecule has 0 unspecified atom stereocenters. The number of aliphatic hydroxyl groups is 2. The second kappa shape index (κ2) is 8.25. The SMILES string of the molecule is OCCCN1CCC(C(O)(c2ccc(F)cc2)c2ccc(F)cc2)CC1. The van der Waals surface area contributed by atoms with Gasteiger partial charge in [0.25, 0.3) is 0 Å². The zero-order chi connectivity index (χ0) is 18.6. The van der Waals surface area contributed by atoms with Gasteiger partial charge in [-0.15, -0.1) is 0 Å². The van der Waals surface area contributed by atoms with Gasteiger partial charge < -0.3 is 15.1 Å². The number of piperidine rings is 1. The van der Waals surface area contributed by atoms with Crippen molar-refractivity contribution in [1.29, 1.82) is 0 Å². The van der Waals surface area contributed by atoms with Gasteiger partial charge in [0, 0.05) is 13.2 Å². The van der Waals surface area contributed by atoms with Crippen molar-refractivity contribution in [2.24, 2.45) is 5.92 Å². The van der Waals surface area contributed by atoms with Crippen LogP contribution in [0.1, 0.15) is 30.4 Å². The van der Waals surface area contributed by atoms with Gasteiger partial charge in [0.1, 0.15) is 17.2 Å². The molecule has 0 aliphatic carbocycles. The maximum absolute atomic E-state index is 13.4. The summed E-state index contributed by atoms with van der Waals surface area (Å²) in [6.07, 6.45) is 2.29. The molecular formula is C21H25F2NO2. The smallest absolute Gasteiger partial charge is 0.123 e. The zero-order valence-corrected chi connectivity index (χ0v) is 14.7. The van der Waals surface area contributed by atoms with Crippen molar-refractivity contribution in [3.63, 3.8) is 0 Å². The summed E-state index contributed by atoms with van der Waals surface area (Å²) in [4.78, 5) is 2.28. The molecule has 2 N–H and O–H groups in total. The summed E-state index contributed by atoms with van der Waals surface area (Å²) in [7, 11) is 0. The van der Waals surface area contributed by atoms with Crippen LogP contribution in [-0.2, 0) is 5.60 Å². The van der Waals surface area contributed by atoms with Crippen LogP contribution in [0.15, 0.2) is 48.5 Å². The number of likely N-dealkylation sites (tertiary alicyclic amines) is 1. The molecule has 0 amide bonds. The summed E-state index contributed by atoms with van der Waals surface area (Å²) in [5, 5.41) is 20.7. The first-order valence-corrected chi connectivity index (χ1v) is 9.11. The van der Waals surface area contributed by atoms with Gasteiger partial charge in [0.05, 0.1) is 0 Å². The van der Waals surface area contributed by atoms with E-state index in [2.05, 4.69) is 4.90 Å². The molecule has 1 aliphatic rings. The maximum atomic E-state index is 13.4. The van der Waals surface area contributed by atoms with Crippen molar-refractivity contribution in [3.8, 4) is 0 Å². The normalized spacial score (nSPS) is 16.8. The third-order valence-electron chi connectivity index (χ3n) is 5.38. The van der Waals surface area contributed by atoms with Crippen LogP contribution in [0.2, 0.25) is 0 Å². The van der Waals surface area contributed by atoms with Crippen LogP contribution in [0.3, 0.4) is 0 Å². The molecule has 0 radical (unpaired) electrons. The number of benzene rings is 2. The lowest BCUT2D eigenvalue weighted by Gasteiger charge is -2.42. The fourth-order valence-corrected chi connectivity index (χ4v) is 3.91. The van der Waals surface area contributed by atoms with E-state index in [1.54, 1.807) is 24.3 Å². The summed E-state index contributed by atoms with van der Waals surface area (Å²) < 4.78 is 26.8. The highest BCUT2D eigenvalue weighted by molar-refractivity contribution is 5.37. The van der Waals surface area contributed by atoms with E-state index < -0.39 is 5.60 Å². The van der Waals surface area contributed by atoms with Gasteiger partial charge in [-0.2, -0.15) is 0 Å². The average Bonchev–Trinajstić information content (AvgIpc) is 2.67. The van der Waals surface area contributed by atoms with Gasteiger partial charge in [-0.05, 0) is 73.7 Å². The first-order valence-electron chi connectivity index (χ1n) is 9.11. The van der Waals surface area contributed by atoms with E-state index in [0.717, 1.165) is 38.9 Å². The lowest BCUT2D eigenvalue weighted by molar-refractivity contribution is -0.0147. The molecule has 0 bridgehead atoms. The van der Waals surface area contributed by atoms with Crippen molar-refractivity contribution >= 4 is 0 Å². The van der Waals surface area contributed by atoms with Crippen LogP contribution < -0.4 is 0 Å². The summed E-state index contributed by atoms with van der Waals surface area (Å²) in [5.74, 6) is -0.758. The van der Waals surface area contributed by atoms with E-state index in [1.165, 1.54) is 24.3 Å². The Hall–Kier alpha value is -1.82. The fraction of sp³-hybridized carbons (Fsp3) is 0.429. The van der Waals surface area contributed by atoms with E-state index in [1.807, 2.05) is 0 Å². The van der Waals surface area contributed by atoms with Crippen molar-refractivity contribution in [2.45, 2.75) is 24.9 Å². The Kier molecular flexibility index (Phi) is 6.01. The highest BCUT2D eigenvalue weighted by atomic mass is 19.1. The molecule has 2 aromatic rings. The number of hydrogen-bond acceptors (Lipinski definition) is 3. The molecule has 2 aromatic carbocycles. The predicted molar refractivity (Wildman–Crippen MR) is 96.7 cm³/mol. The molecule has 0 spiro atoms. The third kappa shape index (κ3) is 3.95. The second-order valence-corrected chi connectivity index (χ2v) is 6.97. The largest absolute Gasteiger partial charge is 0.396 e. The van der Waals surface area contributed by atoms with Gasteiger partial charge in [0.15, 0.2) is 0 Å². The summed E-state index contributed by atoms with van der Waals surface area (Å²) in [6.45, 7) is 2.68. The Morgan fingerprint density at radius 2 is 1.35 bits per heavy atom. The highest BCUT2D eigenvalue weighted by Gasteiger charge is 2.41. The molecule has 5 heteroatoms. The molecule has 3 rings (SSSR count). The summed E-state index contributed by atoms with van der Waals surface area (Å²) >= 11 is 0. The van der Waals surface area contributed by atoms with E-state index >= 15 is 0 Å². The van der Waals surface area contributed by atoms with E-state index in [4.69, 9.17) is 5.11 Å². The van der Waals surface area contributed by atoms with Crippen LogP contribution in [0.5, 0.6) is 0 Å². The number of hydrogen-bond donors (Lipinski definition) is 2. The minimum Gasteiger partial charge on any atom is -0.396 e. The first kappa shape index (κ1) is 19.0. The minimum absolute atomic E-state index is 0.0520. The maximum Gasteiger partial charge on any atom is 0.123 e. The number of halogens is 2. The number of aliphatic hydroxyl groups excluding tert-OH is 1. The molecular weight excluding hydrogens is 336 g/mol. The standard InChI is InChI=1S/C21H25F2NO2/c22-19-6-2-16(3-7-19)21(26,17-4-8-20(23)9-5-17)18-10-13-24(14-11-18)12-1-15-25/h2-9,18,25-26H,1,10-15H2. The Balaban J connectivity index is 1.89. The van der Waals surface area contributed by atoms with Crippen LogP contribution in [0.4, 0.5) is 8.78 Å². The van der Waals surface area contributed by atoms with Gasteiger partial charge in [-0.25, -0.2) is 8.78 Å². The van der Waals surface area contributed by atoms with Crippen LogP contribution >= 0.6 is 0 Å². The zero-order valence-electron chi connectivity index (χ0n) is 14.7. The molecule has 26 heavy (non-hydrogen) atoms. The molecule has 3 nitrogen and oxygen atoms in total. The summed E-state index contributed by atoms with van der Waals surface area (Å²) in [6, 6.07) is 11.8. The van der Waals surface area contributed by atoms with Crippen molar-refractivity contribution in [2.75, 3.05) is 26.2 Å². The van der Waals surface area contributed by atoms with Crippen LogP contribution in [-0.4, -0.2) is 41.4 Å². The molecule has 1 aliphatic heterocycles. The lowest BCUT2D eigenvalue weighted by atomic mass is 9.72. The number of rotatable bonds is 6. The molecule has 0 aromatic heterocycles. The van der Waals surface area contributed by atoms with Gasteiger partial charge >= 0.3 is 0 Å². The monoisotopic (exact) mass is 361 g/mol. The third-order valence-corrected chi connectivity index (χ3v) is 5.38. The molecule has 1 fully saturated rings.